The molecule has 9 N–H and O–H groups in total. The quantitative estimate of drug-likeness (QED) is 0.164. The van der Waals surface area contributed by atoms with Crippen molar-refractivity contribution in [2.24, 2.45) is 11.5 Å². The lowest BCUT2D eigenvalue weighted by Crippen LogP contribution is -2.57. The number of carbonyl (C=O) groups excluding carboxylic acids is 5. The van der Waals surface area contributed by atoms with Crippen LogP contribution in [0.4, 0.5) is 0 Å². The Balaban J connectivity index is 2.73. The molecule has 0 spiro atoms. The summed E-state index contributed by atoms with van der Waals surface area (Å²) in [5, 5.41) is 19.1. The highest BCUT2D eigenvalue weighted by Crippen LogP contribution is 2.05. The van der Waals surface area contributed by atoms with Gasteiger partial charge in [0, 0.05) is 6.42 Å². The molecular weight excluding hydrogens is 400 g/mol. The van der Waals surface area contributed by atoms with E-state index in [-0.39, 0.29) is 18.7 Å². The molecule has 13 nitrogen and oxygen atoms in total. The number of carbonyl (C=O) groups is 6. The molecule has 4 unspecified atom stereocenters. The number of hydrogen-bond acceptors (Lipinski definition) is 7. The van der Waals surface area contributed by atoms with E-state index in [1.54, 1.807) is 0 Å². The van der Waals surface area contributed by atoms with E-state index >= 15 is 0 Å². The number of aliphatic carboxylic acids is 1. The van der Waals surface area contributed by atoms with Gasteiger partial charge in [0.2, 0.25) is 29.5 Å². The third-order valence-corrected chi connectivity index (χ3v) is 4.46. The summed E-state index contributed by atoms with van der Waals surface area (Å²) < 4.78 is 0. The van der Waals surface area contributed by atoms with Crippen LogP contribution >= 0.6 is 0 Å². The second kappa shape index (κ2) is 11.7. The largest absolute Gasteiger partial charge is 0.480 e. The highest BCUT2D eigenvalue weighted by molar-refractivity contribution is 5.96. The van der Waals surface area contributed by atoms with Crippen LogP contribution in [0, 0.1) is 0 Å². The summed E-state index contributed by atoms with van der Waals surface area (Å²) in [6.07, 6.45) is 0.316. The summed E-state index contributed by atoms with van der Waals surface area (Å²) in [6.45, 7) is 2.09. The number of primary amides is 2. The highest BCUT2D eigenvalue weighted by Gasteiger charge is 2.30. The standard InChI is InChI=1S/C17H28N6O7/c1-8(21-15(27)9-3-2-6-20-9)14(26)23-11(7-13(19)25)16(28)22-10(17(29)30)4-5-12(18)24/h8-11,20H,2-7H2,1H3,(H2,18,24)(H2,19,25)(H,21,27)(H,22,28)(H,23,26)(H,29,30). The van der Waals surface area contributed by atoms with Crippen molar-refractivity contribution in [3.63, 3.8) is 0 Å². The predicted molar refractivity (Wildman–Crippen MR) is 102 cm³/mol. The molecule has 0 aromatic rings. The van der Waals surface area contributed by atoms with Crippen molar-refractivity contribution in [1.29, 1.82) is 0 Å². The molecule has 1 rings (SSSR count). The summed E-state index contributed by atoms with van der Waals surface area (Å²) in [7, 11) is 0. The van der Waals surface area contributed by atoms with E-state index in [2.05, 4.69) is 21.3 Å². The van der Waals surface area contributed by atoms with Crippen LogP contribution in [0.15, 0.2) is 0 Å². The first-order valence-electron chi connectivity index (χ1n) is 9.45. The topological polar surface area (TPSA) is 223 Å². The van der Waals surface area contributed by atoms with Gasteiger partial charge in [0.15, 0.2) is 0 Å². The molecule has 13 heteroatoms. The third-order valence-electron chi connectivity index (χ3n) is 4.46. The van der Waals surface area contributed by atoms with Crippen molar-refractivity contribution < 1.29 is 33.9 Å². The molecule has 1 heterocycles. The average Bonchev–Trinajstić information content (AvgIpc) is 3.18. The molecule has 4 atom stereocenters. The summed E-state index contributed by atoms with van der Waals surface area (Å²) in [4.78, 5) is 70.3. The first kappa shape index (κ1) is 24.8. The molecule has 1 aliphatic heterocycles. The SMILES string of the molecule is CC(NC(=O)C1CCCN1)C(=O)NC(CC(N)=O)C(=O)NC(CCC(N)=O)C(=O)O. The van der Waals surface area contributed by atoms with E-state index in [9.17, 15) is 33.9 Å². The lowest BCUT2D eigenvalue weighted by atomic mass is 10.1. The number of carboxylic acid groups (broad SMARTS) is 1. The zero-order valence-corrected chi connectivity index (χ0v) is 16.6. The highest BCUT2D eigenvalue weighted by atomic mass is 16.4. The maximum atomic E-state index is 12.4. The normalized spacial score (nSPS) is 18.5. The van der Waals surface area contributed by atoms with Crippen LogP contribution in [0.5, 0.6) is 0 Å². The number of nitrogens with one attached hydrogen (secondary N) is 4. The monoisotopic (exact) mass is 428 g/mol. The lowest BCUT2D eigenvalue weighted by molar-refractivity contribution is -0.142. The third kappa shape index (κ3) is 8.43. The number of rotatable bonds is 12. The molecule has 1 fully saturated rings. The second-order valence-corrected chi connectivity index (χ2v) is 7.02. The van der Waals surface area contributed by atoms with Crippen LogP contribution in [-0.2, 0) is 28.8 Å². The maximum absolute atomic E-state index is 12.4. The van der Waals surface area contributed by atoms with Gasteiger partial charge in [-0.15, -0.1) is 0 Å². The summed E-state index contributed by atoms with van der Waals surface area (Å²) in [5.74, 6) is -5.19. The fraction of sp³-hybridized carbons (Fsp3) is 0.647. The molecule has 168 valence electrons. The van der Waals surface area contributed by atoms with Crippen LogP contribution < -0.4 is 32.7 Å². The van der Waals surface area contributed by atoms with E-state index in [1.165, 1.54) is 6.92 Å². The van der Waals surface area contributed by atoms with Crippen molar-refractivity contribution in [3.8, 4) is 0 Å². The molecule has 0 radical (unpaired) electrons. The molecule has 0 bridgehead atoms. The van der Waals surface area contributed by atoms with E-state index in [0.717, 1.165) is 6.42 Å². The summed E-state index contributed by atoms with van der Waals surface area (Å²) in [5.41, 5.74) is 10.1. The molecule has 1 saturated heterocycles. The minimum Gasteiger partial charge on any atom is -0.480 e. The van der Waals surface area contributed by atoms with Crippen LogP contribution in [0.3, 0.4) is 0 Å². The molecular formula is C17H28N6O7. The molecule has 0 aromatic heterocycles. The summed E-state index contributed by atoms with van der Waals surface area (Å²) >= 11 is 0. The van der Waals surface area contributed by atoms with Gasteiger partial charge >= 0.3 is 5.97 Å². The fourth-order valence-corrected chi connectivity index (χ4v) is 2.81. The van der Waals surface area contributed by atoms with Crippen molar-refractivity contribution in [3.05, 3.63) is 0 Å². The fourth-order valence-electron chi connectivity index (χ4n) is 2.81. The van der Waals surface area contributed by atoms with Crippen LogP contribution in [0.25, 0.3) is 0 Å². The molecule has 0 aromatic carbocycles. The minimum atomic E-state index is -1.46. The Morgan fingerprint density at radius 2 is 1.63 bits per heavy atom. The van der Waals surface area contributed by atoms with E-state index in [0.29, 0.717) is 13.0 Å². The zero-order valence-electron chi connectivity index (χ0n) is 16.6. The molecule has 5 amide bonds. The first-order valence-corrected chi connectivity index (χ1v) is 9.45. The van der Waals surface area contributed by atoms with Gasteiger partial charge in [-0.25, -0.2) is 4.79 Å². The Bertz CT molecular complexity index is 692. The first-order chi connectivity index (χ1) is 14.0. The van der Waals surface area contributed by atoms with Gasteiger partial charge in [0.25, 0.3) is 0 Å². The smallest absolute Gasteiger partial charge is 0.326 e. The van der Waals surface area contributed by atoms with Crippen LogP contribution in [0.1, 0.15) is 39.0 Å². The average molecular weight is 428 g/mol. The Labute approximate surface area is 172 Å². The Morgan fingerprint density at radius 1 is 1.00 bits per heavy atom. The van der Waals surface area contributed by atoms with Crippen molar-refractivity contribution in [2.45, 2.75) is 63.2 Å². The van der Waals surface area contributed by atoms with Crippen LogP contribution in [0.2, 0.25) is 0 Å². The van der Waals surface area contributed by atoms with Gasteiger partial charge in [-0.2, -0.15) is 0 Å². The Kier molecular flexibility index (Phi) is 9.68. The lowest BCUT2D eigenvalue weighted by Gasteiger charge is -2.23. The number of amides is 5. The molecule has 30 heavy (non-hydrogen) atoms. The second-order valence-electron chi connectivity index (χ2n) is 7.02. The van der Waals surface area contributed by atoms with Gasteiger partial charge in [0.1, 0.15) is 18.1 Å². The summed E-state index contributed by atoms with van der Waals surface area (Å²) in [6, 6.07) is -4.35. The van der Waals surface area contributed by atoms with Gasteiger partial charge in [-0.1, -0.05) is 0 Å². The Morgan fingerprint density at radius 3 is 2.13 bits per heavy atom. The molecule has 0 saturated carbocycles. The maximum Gasteiger partial charge on any atom is 0.326 e. The number of carboxylic acids is 1. The zero-order chi connectivity index (χ0) is 22.8. The van der Waals surface area contributed by atoms with Crippen molar-refractivity contribution >= 4 is 35.5 Å². The Hall–Kier alpha value is -3.22. The van der Waals surface area contributed by atoms with Gasteiger partial charge in [0.05, 0.1) is 12.5 Å². The van der Waals surface area contributed by atoms with E-state index in [1.807, 2.05) is 0 Å². The number of nitrogens with two attached hydrogens (primary N) is 2. The van der Waals surface area contributed by atoms with Gasteiger partial charge in [-0.3, -0.25) is 24.0 Å². The molecule has 1 aliphatic rings. The van der Waals surface area contributed by atoms with Crippen molar-refractivity contribution in [1.82, 2.24) is 21.3 Å². The van der Waals surface area contributed by atoms with Gasteiger partial charge < -0.3 is 37.8 Å². The minimum absolute atomic E-state index is 0.269. The van der Waals surface area contributed by atoms with Crippen LogP contribution in [-0.4, -0.2) is 71.3 Å². The van der Waals surface area contributed by atoms with Gasteiger partial charge in [-0.05, 0) is 32.7 Å². The predicted octanol–water partition coefficient (Wildman–Crippen LogP) is -3.56. The van der Waals surface area contributed by atoms with Crippen molar-refractivity contribution in [2.75, 3.05) is 6.54 Å². The number of hydrogen-bond donors (Lipinski definition) is 7. The van der Waals surface area contributed by atoms with E-state index < -0.39 is 60.2 Å². The molecule has 0 aliphatic carbocycles. The van der Waals surface area contributed by atoms with E-state index in [4.69, 9.17) is 11.5 Å².